The molecule has 1 aliphatic rings. The number of pyridine rings is 1. The van der Waals surface area contributed by atoms with E-state index in [0.717, 1.165) is 0 Å². The van der Waals surface area contributed by atoms with Crippen LogP contribution in [0.15, 0.2) is 36.4 Å². The minimum atomic E-state index is -3.80. The molecule has 2 aromatic rings. The highest BCUT2D eigenvalue weighted by Crippen LogP contribution is 2.29. The molecule has 0 bridgehead atoms. The van der Waals surface area contributed by atoms with Crippen molar-refractivity contribution in [2.75, 3.05) is 24.6 Å². The molecular formula is C25H30N4O5S. The molecule has 186 valence electrons. The van der Waals surface area contributed by atoms with Crippen LogP contribution in [0.5, 0.6) is 0 Å². The van der Waals surface area contributed by atoms with Crippen LogP contribution < -0.4 is 9.62 Å². The molecule has 2 heterocycles. The lowest BCUT2D eigenvalue weighted by Gasteiger charge is -2.33. The Kier molecular flexibility index (Phi) is 8.46. The third-order valence-electron chi connectivity index (χ3n) is 5.82. The number of anilines is 1. The van der Waals surface area contributed by atoms with E-state index in [9.17, 15) is 23.3 Å². The minimum Gasteiger partial charge on any atom is -0.462 e. The number of amides is 1. The van der Waals surface area contributed by atoms with Crippen LogP contribution in [0.2, 0.25) is 0 Å². The van der Waals surface area contributed by atoms with E-state index in [4.69, 9.17) is 4.74 Å². The van der Waals surface area contributed by atoms with Gasteiger partial charge in [-0.15, -0.1) is 0 Å². The van der Waals surface area contributed by atoms with Gasteiger partial charge in [-0.25, -0.2) is 18.2 Å². The lowest BCUT2D eigenvalue weighted by molar-refractivity contribution is -0.123. The quantitative estimate of drug-likeness (QED) is 0.550. The van der Waals surface area contributed by atoms with Gasteiger partial charge in [-0.2, -0.15) is 5.26 Å². The fraction of sp³-hybridized carbons (Fsp3) is 0.440. The number of nitrogens with one attached hydrogen (secondary N) is 1. The molecule has 3 rings (SSSR count). The normalized spacial score (nSPS) is 14.4. The Morgan fingerprint density at radius 3 is 2.46 bits per heavy atom. The molecule has 35 heavy (non-hydrogen) atoms. The molecule has 1 saturated heterocycles. The Balaban J connectivity index is 1.71. The number of sulfonamides is 1. The summed E-state index contributed by atoms with van der Waals surface area (Å²) in [7, 11) is -3.80. The van der Waals surface area contributed by atoms with Crippen molar-refractivity contribution in [2.45, 2.75) is 45.3 Å². The highest BCUT2D eigenvalue weighted by molar-refractivity contribution is 7.89. The van der Waals surface area contributed by atoms with Crippen molar-refractivity contribution >= 4 is 27.7 Å². The first-order chi connectivity index (χ1) is 16.6. The van der Waals surface area contributed by atoms with Gasteiger partial charge < -0.3 is 9.64 Å². The molecule has 1 aromatic carbocycles. The monoisotopic (exact) mass is 498 g/mol. The van der Waals surface area contributed by atoms with Crippen LogP contribution in [0, 0.1) is 17.2 Å². The largest absolute Gasteiger partial charge is 0.462 e. The van der Waals surface area contributed by atoms with Crippen molar-refractivity contribution in [3.05, 3.63) is 58.8 Å². The van der Waals surface area contributed by atoms with E-state index >= 15 is 0 Å². The summed E-state index contributed by atoms with van der Waals surface area (Å²) in [5, 5.41) is 9.70. The summed E-state index contributed by atoms with van der Waals surface area (Å²) >= 11 is 0. The van der Waals surface area contributed by atoms with Crippen molar-refractivity contribution in [2.24, 2.45) is 5.92 Å². The molecule has 0 aliphatic carbocycles. The second-order valence-electron chi connectivity index (χ2n) is 8.75. The number of ether oxygens (including phenoxy) is 1. The van der Waals surface area contributed by atoms with E-state index in [1.54, 1.807) is 37.3 Å². The number of rotatable bonds is 8. The van der Waals surface area contributed by atoms with Crippen molar-refractivity contribution in [1.82, 2.24) is 9.71 Å². The van der Waals surface area contributed by atoms with Crippen LogP contribution in [-0.4, -0.2) is 45.0 Å². The van der Waals surface area contributed by atoms with E-state index in [1.807, 2.05) is 18.7 Å². The number of carbonyl (C=O) groups excluding carboxylic acids is 2. The third kappa shape index (κ3) is 6.57. The first-order valence-corrected chi connectivity index (χ1v) is 13.3. The lowest BCUT2D eigenvalue weighted by atomic mass is 9.95. The zero-order chi connectivity index (χ0) is 25.6. The number of esters is 1. The van der Waals surface area contributed by atoms with Crippen molar-refractivity contribution in [3.63, 3.8) is 0 Å². The van der Waals surface area contributed by atoms with Crippen LogP contribution in [0.1, 0.15) is 66.7 Å². The predicted octanol–water partition coefficient (Wildman–Crippen LogP) is 3.12. The summed E-state index contributed by atoms with van der Waals surface area (Å²) in [5.74, 6) is -1.38. The summed E-state index contributed by atoms with van der Waals surface area (Å²) in [6.45, 7) is 6.61. The van der Waals surface area contributed by atoms with E-state index in [-0.39, 0.29) is 29.4 Å². The maximum Gasteiger partial charge on any atom is 0.340 e. The van der Waals surface area contributed by atoms with Crippen LogP contribution in [-0.2, 0) is 25.3 Å². The van der Waals surface area contributed by atoms with Gasteiger partial charge >= 0.3 is 5.97 Å². The van der Waals surface area contributed by atoms with Gasteiger partial charge in [0, 0.05) is 19.0 Å². The molecule has 9 nitrogen and oxygen atoms in total. The van der Waals surface area contributed by atoms with Crippen LogP contribution in [0.25, 0.3) is 0 Å². The topological polar surface area (TPSA) is 129 Å². The Morgan fingerprint density at radius 2 is 1.89 bits per heavy atom. The van der Waals surface area contributed by atoms with Gasteiger partial charge in [0.15, 0.2) is 0 Å². The molecule has 0 atom stereocenters. The Bertz CT molecular complexity index is 1210. The van der Waals surface area contributed by atoms with Gasteiger partial charge in [0.1, 0.15) is 11.9 Å². The molecule has 1 amide bonds. The number of hydrogen-bond acceptors (Lipinski definition) is 8. The summed E-state index contributed by atoms with van der Waals surface area (Å²) in [4.78, 5) is 31.6. The lowest BCUT2D eigenvalue weighted by Crippen LogP contribution is -2.43. The van der Waals surface area contributed by atoms with E-state index in [1.165, 1.54) is 6.07 Å². The zero-order valence-electron chi connectivity index (χ0n) is 20.2. The Morgan fingerprint density at radius 1 is 1.23 bits per heavy atom. The second-order valence-corrected chi connectivity index (χ2v) is 10.5. The number of hydrogen-bond donors (Lipinski definition) is 1. The smallest absolute Gasteiger partial charge is 0.340 e. The van der Waals surface area contributed by atoms with Gasteiger partial charge in [-0.05, 0) is 37.3 Å². The van der Waals surface area contributed by atoms with Gasteiger partial charge in [0.05, 0.1) is 29.2 Å². The average Bonchev–Trinajstić information content (AvgIpc) is 2.83. The number of nitrogens with zero attached hydrogens (tertiary/aromatic N) is 3. The van der Waals surface area contributed by atoms with Gasteiger partial charge in [-0.1, -0.05) is 44.2 Å². The SMILES string of the molecule is CCOC(=O)c1cc(C#N)c(N2CCC(C(=O)NS(=O)(=O)Cc3ccccc3)CC2)nc1C(C)C. The molecule has 1 N–H and O–H groups in total. The zero-order valence-corrected chi connectivity index (χ0v) is 21.0. The van der Waals surface area contributed by atoms with Gasteiger partial charge in [0.25, 0.3) is 0 Å². The van der Waals surface area contributed by atoms with Crippen molar-refractivity contribution in [1.29, 1.82) is 5.26 Å². The standard InChI is InChI=1S/C25H30N4O5S/c1-4-34-25(31)21-14-20(15-26)23(27-22(21)17(2)3)29-12-10-19(11-13-29)24(30)28-35(32,33)16-18-8-6-5-7-9-18/h5-9,14,17,19H,4,10-13,16H2,1-3H3,(H,28,30). The number of benzene rings is 1. The molecule has 1 fully saturated rings. The maximum absolute atomic E-state index is 12.7. The number of carbonyl (C=O) groups is 2. The van der Waals surface area contributed by atoms with E-state index in [2.05, 4.69) is 15.8 Å². The Hall–Kier alpha value is -3.45. The molecule has 1 aliphatic heterocycles. The molecule has 10 heteroatoms. The highest BCUT2D eigenvalue weighted by atomic mass is 32.2. The number of aromatic nitrogens is 1. The minimum absolute atomic E-state index is 0.0703. The van der Waals surface area contributed by atoms with Gasteiger partial charge in [-0.3, -0.25) is 9.52 Å². The second kappa shape index (κ2) is 11.3. The summed E-state index contributed by atoms with van der Waals surface area (Å²) in [6, 6.07) is 12.3. The molecular weight excluding hydrogens is 468 g/mol. The first-order valence-electron chi connectivity index (χ1n) is 11.6. The van der Waals surface area contributed by atoms with Gasteiger partial charge in [0.2, 0.25) is 15.9 Å². The van der Waals surface area contributed by atoms with Crippen LogP contribution >= 0.6 is 0 Å². The number of piperidine rings is 1. The molecule has 0 saturated carbocycles. The third-order valence-corrected chi connectivity index (χ3v) is 7.04. The number of nitriles is 1. The van der Waals surface area contributed by atoms with Crippen molar-refractivity contribution in [3.8, 4) is 6.07 Å². The predicted molar refractivity (Wildman–Crippen MR) is 131 cm³/mol. The van der Waals surface area contributed by atoms with Crippen molar-refractivity contribution < 1.29 is 22.7 Å². The summed E-state index contributed by atoms with van der Waals surface area (Å²) in [6.07, 6.45) is 0.825. The molecule has 0 radical (unpaired) electrons. The Labute approximate surface area is 206 Å². The van der Waals surface area contributed by atoms with Crippen LogP contribution in [0.4, 0.5) is 5.82 Å². The first kappa shape index (κ1) is 26.2. The fourth-order valence-electron chi connectivity index (χ4n) is 4.07. The summed E-state index contributed by atoms with van der Waals surface area (Å²) in [5.41, 5.74) is 1.68. The van der Waals surface area contributed by atoms with Crippen LogP contribution in [0.3, 0.4) is 0 Å². The highest BCUT2D eigenvalue weighted by Gasteiger charge is 2.30. The fourth-order valence-corrected chi connectivity index (χ4v) is 5.25. The average molecular weight is 499 g/mol. The summed E-state index contributed by atoms with van der Waals surface area (Å²) < 4.78 is 32.2. The maximum atomic E-state index is 12.7. The molecule has 0 unspecified atom stereocenters. The molecule has 1 aromatic heterocycles. The molecule has 0 spiro atoms. The van der Waals surface area contributed by atoms with E-state index < -0.39 is 27.8 Å². The van der Waals surface area contributed by atoms with E-state index in [0.29, 0.717) is 43.0 Å².